The maximum absolute atomic E-state index is 13.5. The van der Waals surface area contributed by atoms with Gasteiger partial charge < -0.3 is 19.9 Å². The standard InChI is InChI=1S/C16H16F3N5O2/c17-16(18,19)10-7-11-13(8-12(10)23-6-4-21-9-23)24(5-2-1-3-20)15(26)14(25)22-11/h4,6-9H,1-3,5,20H2,(H,22,25). The molecule has 0 aliphatic heterocycles. The van der Waals surface area contributed by atoms with Crippen LogP contribution in [0.15, 0.2) is 40.4 Å². The number of nitrogens with zero attached hydrogens (tertiary/aromatic N) is 3. The maximum atomic E-state index is 13.5. The number of nitrogens with one attached hydrogen (secondary N) is 1. The van der Waals surface area contributed by atoms with Crippen molar-refractivity contribution in [2.75, 3.05) is 6.54 Å². The number of aromatic amines is 1. The van der Waals surface area contributed by atoms with Crippen molar-refractivity contribution in [3.63, 3.8) is 0 Å². The summed E-state index contributed by atoms with van der Waals surface area (Å²) in [4.78, 5) is 30.1. The van der Waals surface area contributed by atoms with Crippen LogP contribution in [0.1, 0.15) is 18.4 Å². The first-order valence-corrected chi connectivity index (χ1v) is 7.89. The van der Waals surface area contributed by atoms with Crippen LogP contribution in [0.3, 0.4) is 0 Å². The minimum atomic E-state index is -4.65. The van der Waals surface area contributed by atoms with Gasteiger partial charge in [0, 0.05) is 18.9 Å². The van der Waals surface area contributed by atoms with Gasteiger partial charge in [-0.05, 0) is 31.5 Å². The topological polar surface area (TPSA) is 98.7 Å². The lowest BCUT2D eigenvalue weighted by atomic mass is 10.1. The van der Waals surface area contributed by atoms with E-state index in [1.165, 1.54) is 33.9 Å². The number of aromatic nitrogens is 4. The molecule has 0 amide bonds. The summed E-state index contributed by atoms with van der Waals surface area (Å²) in [5.74, 6) is 0. The third-order valence-electron chi connectivity index (χ3n) is 4.02. The fourth-order valence-corrected chi connectivity index (χ4v) is 2.79. The van der Waals surface area contributed by atoms with E-state index >= 15 is 0 Å². The second kappa shape index (κ2) is 6.79. The molecule has 0 saturated heterocycles. The Labute approximate surface area is 144 Å². The second-order valence-electron chi connectivity index (χ2n) is 5.76. The molecule has 0 unspecified atom stereocenters. The second-order valence-corrected chi connectivity index (χ2v) is 5.76. The van der Waals surface area contributed by atoms with Crippen molar-refractivity contribution in [2.45, 2.75) is 25.6 Å². The molecule has 26 heavy (non-hydrogen) atoms. The van der Waals surface area contributed by atoms with Gasteiger partial charge in [-0.15, -0.1) is 0 Å². The molecule has 0 fully saturated rings. The van der Waals surface area contributed by atoms with Crippen molar-refractivity contribution in [2.24, 2.45) is 5.73 Å². The van der Waals surface area contributed by atoms with Crippen molar-refractivity contribution in [1.82, 2.24) is 19.1 Å². The van der Waals surface area contributed by atoms with Gasteiger partial charge in [0.25, 0.3) is 0 Å². The van der Waals surface area contributed by atoms with Gasteiger partial charge in [0.1, 0.15) is 0 Å². The van der Waals surface area contributed by atoms with Crippen LogP contribution < -0.4 is 16.9 Å². The van der Waals surface area contributed by atoms with E-state index in [0.717, 1.165) is 6.07 Å². The summed E-state index contributed by atoms with van der Waals surface area (Å²) in [6.45, 7) is 0.597. The molecule has 0 spiro atoms. The number of nitrogens with two attached hydrogens (primary N) is 1. The molecule has 1 aromatic carbocycles. The number of aryl methyl sites for hydroxylation is 1. The van der Waals surface area contributed by atoms with Crippen molar-refractivity contribution >= 4 is 11.0 Å². The summed E-state index contributed by atoms with van der Waals surface area (Å²) in [7, 11) is 0. The Morgan fingerprint density at radius 3 is 2.58 bits per heavy atom. The van der Waals surface area contributed by atoms with Crippen LogP contribution in [0.5, 0.6) is 0 Å². The van der Waals surface area contributed by atoms with Crippen LogP contribution in [-0.2, 0) is 12.7 Å². The molecule has 2 aromatic heterocycles. The van der Waals surface area contributed by atoms with Gasteiger partial charge in [-0.25, -0.2) is 4.98 Å². The predicted molar refractivity (Wildman–Crippen MR) is 89.2 cm³/mol. The summed E-state index contributed by atoms with van der Waals surface area (Å²) in [5, 5.41) is 0. The third-order valence-corrected chi connectivity index (χ3v) is 4.02. The summed E-state index contributed by atoms with van der Waals surface area (Å²) in [6.07, 6.45) is 0.459. The number of benzene rings is 1. The van der Waals surface area contributed by atoms with Crippen LogP contribution in [0, 0.1) is 0 Å². The Hall–Kier alpha value is -2.88. The molecule has 0 saturated carbocycles. The van der Waals surface area contributed by atoms with Gasteiger partial charge in [-0.1, -0.05) is 0 Å². The number of H-pyrrole nitrogens is 1. The molecule has 0 bridgehead atoms. The molecular formula is C16H16F3N5O2. The highest BCUT2D eigenvalue weighted by Crippen LogP contribution is 2.35. The Kier molecular flexibility index (Phi) is 4.68. The number of rotatable bonds is 5. The zero-order valence-electron chi connectivity index (χ0n) is 13.6. The Balaban J connectivity index is 2.32. The Bertz CT molecular complexity index is 1030. The number of hydrogen-bond donors (Lipinski definition) is 2. The lowest BCUT2D eigenvalue weighted by molar-refractivity contribution is -0.137. The highest BCUT2D eigenvalue weighted by Gasteiger charge is 2.35. The van der Waals surface area contributed by atoms with E-state index in [-0.39, 0.29) is 23.3 Å². The number of hydrogen-bond acceptors (Lipinski definition) is 4. The average molecular weight is 367 g/mol. The summed E-state index contributed by atoms with van der Waals surface area (Å²) in [6, 6.07) is 2.07. The molecule has 2 heterocycles. The Morgan fingerprint density at radius 1 is 1.19 bits per heavy atom. The summed E-state index contributed by atoms with van der Waals surface area (Å²) >= 11 is 0. The number of imidazole rings is 1. The number of fused-ring (bicyclic) bond motifs is 1. The van der Waals surface area contributed by atoms with Crippen LogP contribution in [-0.4, -0.2) is 25.6 Å². The van der Waals surface area contributed by atoms with E-state index in [1.54, 1.807) is 0 Å². The van der Waals surface area contributed by atoms with E-state index in [9.17, 15) is 22.8 Å². The molecule has 3 N–H and O–H groups in total. The molecular weight excluding hydrogens is 351 g/mol. The minimum absolute atomic E-state index is 0.0569. The van der Waals surface area contributed by atoms with Gasteiger partial charge in [0.05, 0.1) is 28.6 Å². The first-order chi connectivity index (χ1) is 12.3. The van der Waals surface area contributed by atoms with E-state index in [1.807, 2.05) is 0 Å². The molecule has 138 valence electrons. The quantitative estimate of drug-likeness (QED) is 0.529. The zero-order valence-corrected chi connectivity index (χ0v) is 13.6. The Morgan fingerprint density at radius 2 is 1.96 bits per heavy atom. The van der Waals surface area contributed by atoms with Crippen LogP contribution in [0.25, 0.3) is 16.7 Å². The zero-order chi connectivity index (χ0) is 18.9. The smallest absolute Gasteiger partial charge is 0.330 e. The lowest BCUT2D eigenvalue weighted by Gasteiger charge is -2.17. The first kappa shape index (κ1) is 17.9. The lowest BCUT2D eigenvalue weighted by Crippen LogP contribution is -2.36. The minimum Gasteiger partial charge on any atom is -0.330 e. The fourth-order valence-electron chi connectivity index (χ4n) is 2.79. The number of unbranched alkanes of at least 4 members (excludes halogenated alkanes) is 1. The first-order valence-electron chi connectivity index (χ1n) is 7.89. The number of halogens is 3. The highest BCUT2D eigenvalue weighted by molar-refractivity contribution is 5.79. The fraction of sp³-hybridized carbons (Fsp3) is 0.312. The van der Waals surface area contributed by atoms with Gasteiger partial charge in [0.2, 0.25) is 0 Å². The molecule has 10 heteroatoms. The average Bonchev–Trinajstić information content (AvgIpc) is 3.11. The number of alkyl halides is 3. The van der Waals surface area contributed by atoms with E-state index in [2.05, 4.69) is 9.97 Å². The monoisotopic (exact) mass is 367 g/mol. The van der Waals surface area contributed by atoms with Crippen molar-refractivity contribution in [3.05, 3.63) is 57.1 Å². The highest BCUT2D eigenvalue weighted by atomic mass is 19.4. The largest absolute Gasteiger partial charge is 0.418 e. The molecule has 0 atom stereocenters. The van der Waals surface area contributed by atoms with E-state index in [0.29, 0.717) is 19.4 Å². The van der Waals surface area contributed by atoms with Crippen molar-refractivity contribution < 1.29 is 13.2 Å². The molecule has 7 nitrogen and oxygen atoms in total. The summed E-state index contributed by atoms with van der Waals surface area (Å²) in [5.41, 5.74) is 2.70. The van der Waals surface area contributed by atoms with Crippen LogP contribution in [0.2, 0.25) is 0 Å². The molecule has 3 rings (SSSR count). The van der Waals surface area contributed by atoms with Gasteiger partial charge in [-0.2, -0.15) is 13.2 Å². The maximum Gasteiger partial charge on any atom is 0.418 e. The molecule has 0 aliphatic rings. The molecule has 3 aromatic rings. The predicted octanol–water partition coefficient (Wildman–Crippen LogP) is 1.63. The van der Waals surface area contributed by atoms with Gasteiger partial charge in [-0.3, -0.25) is 9.59 Å². The van der Waals surface area contributed by atoms with Crippen LogP contribution in [0.4, 0.5) is 13.2 Å². The summed E-state index contributed by atoms with van der Waals surface area (Å²) < 4.78 is 42.9. The van der Waals surface area contributed by atoms with Crippen molar-refractivity contribution in [3.8, 4) is 5.69 Å². The van der Waals surface area contributed by atoms with Gasteiger partial charge in [0.15, 0.2) is 0 Å². The van der Waals surface area contributed by atoms with Crippen LogP contribution >= 0.6 is 0 Å². The molecule has 0 aliphatic carbocycles. The van der Waals surface area contributed by atoms with E-state index in [4.69, 9.17) is 5.73 Å². The van der Waals surface area contributed by atoms with Gasteiger partial charge >= 0.3 is 17.3 Å². The van der Waals surface area contributed by atoms with Crippen molar-refractivity contribution in [1.29, 1.82) is 0 Å². The normalized spacial score (nSPS) is 12.0. The molecule has 0 radical (unpaired) electrons. The van der Waals surface area contributed by atoms with E-state index < -0.39 is 22.9 Å². The third kappa shape index (κ3) is 3.27. The SMILES string of the molecule is NCCCCn1c(=O)c(=O)[nH]c2cc(C(F)(F)F)c(-n3ccnc3)cc21.